The molecule has 2 atom stereocenters. The van der Waals surface area contributed by atoms with Crippen molar-refractivity contribution in [1.82, 2.24) is 0 Å². The Labute approximate surface area is 145 Å². The molecule has 24 heavy (non-hydrogen) atoms. The summed E-state index contributed by atoms with van der Waals surface area (Å²) in [7, 11) is 0. The molecule has 0 aliphatic carbocycles. The number of nitriles is 1. The summed E-state index contributed by atoms with van der Waals surface area (Å²) in [5.41, 5.74) is 2.28. The molecule has 0 spiro atoms. The number of hydrogen-bond acceptors (Lipinski definition) is 4. The maximum absolute atomic E-state index is 12.6. The average Bonchev–Trinajstić information content (AvgIpc) is 3.01. The van der Waals surface area contributed by atoms with Gasteiger partial charge in [0.25, 0.3) is 0 Å². The second-order valence-electron chi connectivity index (χ2n) is 5.69. The molecular weight excluding hydrogens is 320 g/mol. The first-order valence-corrected chi connectivity index (χ1v) is 8.90. The van der Waals surface area contributed by atoms with Crippen molar-refractivity contribution in [3.8, 4) is 6.07 Å². The van der Waals surface area contributed by atoms with Crippen molar-refractivity contribution in [2.45, 2.75) is 17.8 Å². The van der Waals surface area contributed by atoms with Crippen molar-refractivity contribution >= 4 is 23.4 Å². The molecule has 2 unspecified atom stereocenters. The molecule has 0 aromatic heterocycles. The molecule has 122 valence electrons. The van der Waals surface area contributed by atoms with E-state index in [1.54, 1.807) is 17.0 Å². The fourth-order valence-electron chi connectivity index (χ4n) is 2.76. The van der Waals surface area contributed by atoms with Crippen LogP contribution in [0.4, 0.5) is 5.69 Å². The molecule has 1 amide bonds. The van der Waals surface area contributed by atoms with E-state index in [9.17, 15) is 9.90 Å². The summed E-state index contributed by atoms with van der Waals surface area (Å²) in [4.78, 5) is 14.3. The molecule has 1 N–H and O–H groups in total. The summed E-state index contributed by atoms with van der Waals surface area (Å²) < 4.78 is 0. The van der Waals surface area contributed by atoms with Crippen molar-refractivity contribution in [3.05, 3.63) is 65.7 Å². The number of anilines is 1. The quantitative estimate of drug-likeness (QED) is 0.910. The molecule has 4 nitrogen and oxygen atoms in total. The van der Waals surface area contributed by atoms with Gasteiger partial charge in [-0.3, -0.25) is 4.79 Å². The Morgan fingerprint density at radius 2 is 1.92 bits per heavy atom. The van der Waals surface area contributed by atoms with Crippen LogP contribution in [0.2, 0.25) is 0 Å². The number of benzene rings is 2. The van der Waals surface area contributed by atoms with Gasteiger partial charge in [0.15, 0.2) is 0 Å². The number of nitrogens with zero attached hydrogens (tertiary/aromatic N) is 2. The van der Waals surface area contributed by atoms with Crippen LogP contribution in [0, 0.1) is 11.3 Å². The highest BCUT2D eigenvalue weighted by molar-refractivity contribution is 8.00. The van der Waals surface area contributed by atoms with E-state index < -0.39 is 6.10 Å². The molecule has 3 rings (SSSR count). The minimum absolute atomic E-state index is 0.0740. The number of rotatable bonds is 5. The van der Waals surface area contributed by atoms with Crippen molar-refractivity contribution in [3.63, 3.8) is 0 Å². The van der Waals surface area contributed by atoms with E-state index in [1.165, 1.54) is 11.8 Å². The molecular formula is C19H18N2O2S. The van der Waals surface area contributed by atoms with Crippen LogP contribution in [0.5, 0.6) is 0 Å². The number of carbonyl (C=O) groups excluding carboxylic acids is 1. The number of thioether (sulfide) groups is 1. The highest BCUT2D eigenvalue weighted by Crippen LogP contribution is 2.31. The zero-order valence-corrected chi connectivity index (χ0v) is 13.9. The van der Waals surface area contributed by atoms with Crippen molar-refractivity contribution in [1.29, 1.82) is 5.26 Å². The fraction of sp³-hybridized carbons (Fsp3) is 0.263. The van der Waals surface area contributed by atoms with Gasteiger partial charge in [-0.1, -0.05) is 30.3 Å². The maximum Gasteiger partial charge on any atom is 0.240 e. The molecule has 0 radical (unpaired) electrons. The van der Waals surface area contributed by atoms with Gasteiger partial charge in [-0.05, 0) is 36.2 Å². The summed E-state index contributed by atoms with van der Waals surface area (Å²) >= 11 is 1.51. The molecule has 1 heterocycles. The standard InChI is InChI=1S/C19H18N2O2S/c20-12-14-6-8-16(9-7-14)21-11-10-18(19(21)23)24-13-17(22)15-4-2-1-3-5-15/h1-9,17-18,22H,10-11,13H2. The van der Waals surface area contributed by atoms with E-state index in [-0.39, 0.29) is 11.2 Å². The third kappa shape index (κ3) is 3.61. The van der Waals surface area contributed by atoms with E-state index in [4.69, 9.17) is 5.26 Å². The number of amides is 1. The highest BCUT2D eigenvalue weighted by atomic mass is 32.2. The maximum atomic E-state index is 12.6. The summed E-state index contributed by atoms with van der Waals surface area (Å²) in [5.74, 6) is 0.576. The van der Waals surface area contributed by atoms with E-state index in [0.29, 0.717) is 17.9 Å². The Morgan fingerprint density at radius 1 is 1.21 bits per heavy atom. The fourth-order valence-corrected chi connectivity index (χ4v) is 3.91. The lowest BCUT2D eigenvalue weighted by Gasteiger charge is -2.17. The largest absolute Gasteiger partial charge is 0.388 e. The molecule has 0 saturated carbocycles. The molecule has 0 bridgehead atoms. The third-order valence-electron chi connectivity index (χ3n) is 4.10. The van der Waals surface area contributed by atoms with Crippen molar-refractivity contribution in [2.24, 2.45) is 0 Å². The van der Waals surface area contributed by atoms with Gasteiger partial charge in [-0.2, -0.15) is 5.26 Å². The lowest BCUT2D eigenvalue weighted by molar-refractivity contribution is -0.116. The number of aliphatic hydroxyl groups is 1. The molecule has 1 aliphatic rings. The lowest BCUT2D eigenvalue weighted by atomic mass is 10.1. The molecule has 2 aromatic carbocycles. The van der Waals surface area contributed by atoms with Crippen LogP contribution in [-0.2, 0) is 4.79 Å². The molecule has 2 aromatic rings. The summed E-state index contributed by atoms with van der Waals surface area (Å²) in [6.07, 6.45) is 0.207. The first-order valence-electron chi connectivity index (χ1n) is 7.85. The van der Waals surface area contributed by atoms with Crippen LogP contribution in [0.15, 0.2) is 54.6 Å². The highest BCUT2D eigenvalue weighted by Gasteiger charge is 2.33. The Kier molecular flexibility index (Phi) is 5.19. The Bertz CT molecular complexity index is 740. The van der Waals surface area contributed by atoms with Crippen LogP contribution in [0.1, 0.15) is 23.7 Å². The summed E-state index contributed by atoms with van der Waals surface area (Å²) in [6, 6.07) is 18.6. The zero-order valence-electron chi connectivity index (χ0n) is 13.1. The van der Waals surface area contributed by atoms with E-state index >= 15 is 0 Å². The average molecular weight is 338 g/mol. The van der Waals surface area contributed by atoms with Gasteiger partial charge < -0.3 is 10.0 Å². The first kappa shape index (κ1) is 16.6. The summed E-state index contributed by atoms with van der Waals surface area (Å²) in [5, 5.41) is 19.0. The molecule has 1 aliphatic heterocycles. The Hall–Kier alpha value is -2.29. The second kappa shape index (κ2) is 7.52. The predicted octanol–water partition coefficient (Wildman–Crippen LogP) is 3.13. The van der Waals surface area contributed by atoms with Gasteiger partial charge in [-0.15, -0.1) is 11.8 Å². The number of hydrogen-bond donors (Lipinski definition) is 1. The van der Waals surface area contributed by atoms with Gasteiger partial charge in [-0.25, -0.2) is 0 Å². The van der Waals surface area contributed by atoms with Gasteiger partial charge in [0, 0.05) is 18.0 Å². The Balaban J connectivity index is 1.59. The van der Waals surface area contributed by atoms with E-state index in [0.717, 1.165) is 17.7 Å². The predicted molar refractivity (Wildman–Crippen MR) is 95.8 cm³/mol. The topological polar surface area (TPSA) is 64.3 Å². The van der Waals surface area contributed by atoms with Crippen LogP contribution in [0.3, 0.4) is 0 Å². The van der Waals surface area contributed by atoms with Gasteiger partial charge >= 0.3 is 0 Å². The molecule has 1 saturated heterocycles. The Morgan fingerprint density at radius 3 is 2.58 bits per heavy atom. The monoisotopic (exact) mass is 338 g/mol. The van der Waals surface area contributed by atoms with Crippen molar-refractivity contribution in [2.75, 3.05) is 17.2 Å². The van der Waals surface area contributed by atoms with Crippen LogP contribution in [-0.4, -0.2) is 28.6 Å². The van der Waals surface area contributed by atoms with Gasteiger partial charge in [0.1, 0.15) is 0 Å². The normalized spacial score (nSPS) is 18.4. The SMILES string of the molecule is N#Cc1ccc(N2CCC(SCC(O)c3ccccc3)C2=O)cc1. The molecule has 1 fully saturated rings. The minimum Gasteiger partial charge on any atom is -0.388 e. The number of aliphatic hydroxyl groups excluding tert-OH is 1. The minimum atomic E-state index is -0.562. The number of carbonyl (C=O) groups is 1. The van der Waals surface area contributed by atoms with E-state index in [1.807, 2.05) is 42.5 Å². The lowest BCUT2D eigenvalue weighted by Crippen LogP contribution is -2.28. The van der Waals surface area contributed by atoms with Crippen LogP contribution in [0.25, 0.3) is 0 Å². The third-order valence-corrected chi connectivity index (χ3v) is 5.45. The van der Waals surface area contributed by atoms with Crippen molar-refractivity contribution < 1.29 is 9.90 Å². The smallest absolute Gasteiger partial charge is 0.240 e. The van der Waals surface area contributed by atoms with Crippen LogP contribution < -0.4 is 4.90 Å². The van der Waals surface area contributed by atoms with Crippen LogP contribution >= 0.6 is 11.8 Å². The van der Waals surface area contributed by atoms with Gasteiger partial charge in [0.05, 0.1) is 23.0 Å². The zero-order chi connectivity index (χ0) is 16.9. The second-order valence-corrected chi connectivity index (χ2v) is 6.92. The first-order chi connectivity index (χ1) is 11.7. The molecule has 5 heteroatoms. The van der Waals surface area contributed by atoms with E-state index in [2.05, 4.69) is 6.07 Å². The summed E-state index contributed by atoms with van der Waals surface area (Å²) in [6.45, 7) is 0.670. The van der Waals surface area contributed by atoms with Gasteiger partial charge in [0.2, 0.25) is 5.91 Å².